The minimum Gasteiger partial charge on any atom is -0.366 e. The largest absolute Gasteiger partial charge is 0.366 e. The fourth-order valence-electron chi connectivity index (χ4n) is 4.23. The molecule has 0 radical (unpaired) electrons. The van der Waals surface area contributed by atoms with E-state index >= 15 is 0 Å². The quantitative estimate of drug-likeness (QED) is 0.387. The number of carbonyl (C=O) groups excluding carboxylic acids is 1. The second-order valence-electron chi connectivity index (χ2n) is 8.29. The first kappa shape index (κ1) is 21.9. The molecule has 0 aliphatic rings. The van der Waals surface area contributed by atoms with Crippen molar-refractivity contribution in [3.05, 3.63) is 83.0 Å². The standard InChI is InChI=1S/C27H34N2O/c1-4-5-7-10-23-15-17-24(18-16-23)26-19-25(27(28)30)21(3)29(26)20(2)13-14-22-11-8-6-9-12-22/h6,8-9,11-12,15-20H,4-5,7,10,13-14H2,1-3H3,(H2,28,30). The number of nitrogens with zero attached hydrogens (tertiary/aromatic N) is 1. The van der Waals surface area contributed by atoms with Gasteiger partial charge in [0.2, 0.25) is 0 Å². The Bertz CT molecular complexity index is 955. The van der Waals surface area contributed by atoms with Gasteiger partial charge in [0.25, 0.3) is 5.91 Å². The van der Waals surface area contributed by atoms with Crippen LogP contribution >= 0.6 is 0 Å². The number of benzene rings is 2. The zero-order valence-electron chi connectivity index (χ0n) is 18.5. The zero-order chi connectivity index (χ0) is 21.5. The highest BCUT2D eigenvalue weighted by atomic mass is 16.1. The highest BCUT2D eigenvalue weighted by molar-refractivity contribution is 5.95. The predicted octanol–water partition coefficient (Wildman–Crippen LogP) is 6.49. The van der Waals surface area contributed by atoms with Crippen LogP contribution in [0.15, 0.2) is 60.7 Å². The van der Waals surface area contributed by atoms with Gasteiger partial charge in [-0.3, -0.25) is 4.79 Å². The molecule has 3 nitrogen and oxygen atoms in total. The first-order valence-corrected chi connectivity index (χ1v) is 11.2. The molecule has 2 aromatic carbocycles. The van der Waals surface area contributed by atoms with Crippen LogP contribution in [0.4, 0.5) is 0 Å². The van der Waals surface area contributed by atoms with Crippen LogP contribution in [0.25, 0.3) is 11.3 Å². The summed E-state index contributed by atoms with van der Waals surface area (Å²) < 4.78 is 2.29. The van der Waals surface area contributed by atoms with Gasteiger partial charge in [0.1, 0.15) is 0 Å². The first-order valence-electron chi connectivity index (χ1n) is 11.2. The lowest BCUT2D eigenvalue weighted by molar-refractivity contribution is 0.0999. The van der Waals surface area contributed by atoms with E-state index < -0.39 is 0 Å². The Balaban J connectivity index is 1.86. The van der Waals surface area contributed by atoms with E-state index in [0.717, 1.165) is 36.2 Å². The second kappa shape index (κ2) is 10.3. The Kier molecular flexibility index (Phi) is 7.51. The van der Waals surface area contributed by atoms with Gasteiger partial charge in [0.15, 0.2) is 0 Å². The van der Waals surface area contributed by atoms with Crippen molar-refractivity contribution in [3.8, 4) is 11.3 Å². The number of nitrogens with two attached hydrogens (primary N) is 1. The lowest BCUT2D eigenvalue weighted by Crippen LogP contribution is -2.14. The molecule has 3 heteroatoms. The number of hydrogen-bond acceptors (Lipinski definition) is 1. The molecule has 1 aromatic heterocycles. The van der Waals surface area contributed by atoms with Crippen molar-refractivity contribution in [2.24, 2.45) is 5.73 Å². The molecule has 0 aliphatic carbocycles. The molecule has 0 saturated heterocycles. The van der Waals surface area contributed by atoms with E-state index in [1.807, 2.05) is 19.1 Å². The van der Waals surface area contributed by atoms with E-state index in [2.05, 4.69) is 66.9 Å². The Morgan fingerprint density at radius 1 is 0.967 bits per heavy atom. The van der Waals surface area contributed by atoms with Gasteiger partial charge in [-0.2, -0.15) is 0 Å². The smallest absolute Gasteiger partial charge is 0.250 e. The van der Waals surface area contributed by atoms with E-state index in [-0.39, 0.29) is 11.9 Å². The number of primary amides is 1. The maximum Gasteiger partial charge on any atom is 0.250 e. The van der Waals surface area contributed by atoms with Gasteiger partial charge < -0.3 is 10.3 Å². The van der Waals surface area contributed by atoms with Crippen LogP contribution in [-0.2, 0) is 12.8 Å². The number of aromatic nitrogens is 1. The van der Waals surface area contributed by atoms with Crippen LogP contribution in [0.1, 0.15) is 72.8 Å². The summed E-state index contributed by atoms with van der Waals surface area (Å²) in [4.78, 5) is 12.0. The number of unbranched alkanes of at least 4 members (excludes halogenated alkanes) is 2. The molecule has 1 heterocycles. The Morgan fingerprint density at radius 3 is 2.27 bits per heavy atom. The van der Waals surface area contributed by atoms with E-state index in [9.17, 15) is 4.79 Å². The molecule has 30 heavy (non-hydrogen) atoms. The third-order valence-corrected chi connectivity index (χ3v) is 6.01. The van der Waals surface area contributed by atoms with Gasteiger partial charge in [-0.05, 0) is 62.3 Å². The summed E-state index contributed by atoms with van der Waals surface area (Å²) in [5.74, 6) is -0.362. The molecule has 0 bridgehead atoms. The number of carbonyl (C=O) groups is 1. The van der Waals surface area contributed by atoms with Crippen LogP contribution in [0.2, 0.25) is 0 Å². The summed E-state index contributed by atoms with van der Waals surface area (Å²) >= 11 is 0. The molecule has 1 unspecified atom stereocenters. The van der Waals surface area contributed by atoms with Gasteiger partial charge in [0, 0.05) is 17.4 Å². The lowest BCUT2D eigenvalue weighted by atomic mass is 10.0. The molecule has 0 fully saturated rings. The molecule has 1 atom stereocenters. The highest BCUT2D eigenvalue weighted by Crippen LogP contribution is 2.31. The molecule has 0 aliphatic heterocycles. The van der Waals surface area contributed by atoms with Crippen LogP contribution < -0.4 is 5.73 Å². The summed E-state index contributed by atoms with van der Waals surface area (Å²) in [6, 6.07) is 21.6. The first-order chi connectivity index (χ1) is 14.5. The molecule has 1 amide bonds. The SMILES string of the molecule is CCCCCc1ccc(-c2cc(C(N)=O)c(C)n2C(C)CCc2ccccc2)cc1. The van der Waals surface area contributed by atoms with E-state index in [0.29, 0.717) is 5.56 Å². The van der Waals surface area contributed by atoms with Crippen molar-refractivity contribution in [3.63, 3.8) is 0 Å². The lowest BCUT2D eigenvalue weighted by Gasteiger charge is -2.20. The van der Waals surface area contributed by atoms with Gasteiger partial charge >= 0.3 is 0 Å². The van der Waals surface area contributed by atoms with Crippen LogP contribution in [0.3, 0.4) is 0 Å². The summed E-state index contributed by atoms with van der Waals surface area (Å²) in [5, 5.41) is 0. The van der Waals surface area contributed by atoms with E-state index in [1.165, 1.54) is 30.4 Å². The van der Waals surface area contributed by atoms with Crippen molar-refractivity contribution in [2.75, 3.05) is 0 Å². The molecule has 0 saturated carbocycles. The minimum atomic E-state index is -0.362. The Morgan fingerprint density at radius 2 is 1.63 bits per heavy atom. The number of amides is 1. The fraction of sp³-hybridized carbons (Fsp3) is 0.370. The summed E-state index contributed by atoms with van der Waals surface area (Å²) in [7, 11) is 0. The van der Waals surface area contributed by atoms with Crippen LogP contribution in [-0.4, -0.2) is 10.5 Å². The molecular weight excluding hydrogens is 368 g/mol. The third-order valence-electron chi connectivity index (χ3n) is 6.01. The normalized spacial score (nSPS) is 12.1. The van der Waals surface area contributed by atoms with Crippen molar-refractivity contribution in [2.45, 2.75) is 65.3 Å². The summed E-state index contributed by atoms with van der Waals surface area (Å²) in [6.45, 7) is 6.46. The average molecular weight is 403 g/mol. The molecule has 3 rings (SSSR count). The van der Waals surface area contributed by atoms with Crippen LogP contribution in [0.5, 0.6) is 0 Å². The van der Waals surface area contributed by atoms with Crippen molar-refractivity contribution in [1.82, 2.24) is 4.57 Å². The fourth-order valence-corrected chi connectivity index (χ4v) is 4.23. The summed E-state index contributed by atoms with van der Waals surface area (Å²) in [6.07, 6.45) is 6.86. The predicted molar refractivity (Wildman–Crippen MR) is 126 cm³/mol. The number of hydrogen-bond donors (Lipinski definition) is 1. The van der Waals surface area contributed by atoms with Gasteiger partial charge in [0.05, 0.1) is 5.56 Å². The molecule has 0 spiro atoms. The minimum absolute atomic E-state index is 0.262. The Hall–Kier alpha value is -2.81. The number of aryl methyl sites for hydroxylation is 2. The summed E-state index contributed by atoms with van der Waals surface area (Å²) in [5.41, 5.74) is 12.2. The van der Waals surface area contributed by atoms with Gasteiger partial charge in [-0.1, -0.05) is 74.4 Å². The van der Waals surface area contributed by atoms with Gasteiger partial charge in [-0.15, -0.1) is 0 Å². The maximum atomic E-state index is 12.0. The van der Waals surface area contributed by atoms with Crippen molar-refractivity contribution < 1.29 is 4.79 Å². The van der Waals surface area contributed by atoms with Gasteiger partial charge in [-0.25, -0.2) is 0 Å². The Labute approximate surface area is 180 Å². The zero-order valence-corrected chi connectivity index (χ0v) is 18.5. The topological polar surface area (TPSA) is 48.0 Å². The monoisotopic (exact) mass is 402 g/mol. The molecular formula is C27H34N2O. The second-order valence-corrected chi connectivity index (χ2v) is 8.29. The molecule has 3 aromatic rings. The average Bonchev–Trinajstić information content (AvgIpc) is 3.11. The highest BCUT2D eigenvalue weighted by Gasteiger charge is 2.20. The van der Waals surface area contributed by atoms with E-state index in [1.54, 1.807) is 0 Å². The van der Waals surface area contributed by atoms with Crippen LogP contribution in [0, 0.1) is 6.92 Å². The maximum absolute atomic E-state index is 12.0. The molecule has 2 N–H and O–H groups in total. The number of rotatable bonds is 10. The van der Waals surface area contributed by atoms with Crippen molar-refractivity contribution in [1.29, 1.82) is 0 Å². The molecule has 158 valence electrons. The van der Waals surface area contributed by atoms with E-state index in [4.69, 9.17) is 5.73 Å². The third kappa shape index (κ3) is 5.21. The van der Waals surface area contributed by atoms with Crippen molar-refractivity contribution >= 4 is 5.91 Å².